The van der Waals surface area contributed by atoms with Crippen LogP contribution in [0.1, 0.15) is 40.2 Å². The first-order valence-electron chi connectivity index (χ1n) is 9.16. The summed E-state index contributed by atoms with van der Waals surface area (Å²) in [6, 6.07) is 3.99. The lowest BCUT2D eigenvalue weighted by molar-refractivity contribution is -0.164. The number of rotatable bonds is 9. The van der Waals surface area contributed by atoms with Crippen LogP contribution in [0.3, 0.4) is 0 Å². The number of carboxylic acids is 1. The molecule has 0 saturated heterocycles. The van der Waals surface area contributed by atoms with E-state index in [-0.39, 0.29) is 6.42 Å². The lowest BCUT2D eigenvalue weighted by atomic mass is 10.0. The quantitative estimate of drug-likeness (QED) is 0.595. The van der Waals surface area contributed by atoms with Crippen molar-refractivity contribution >= 4 is 18.0 Å². The summed E-state index contributed by atoms with van der Waals surface area (Å²) in [7, 11) is 1.48. The van der Waals surface area contributed by atoms with Gasteiger partial charge in [0.2, 0.25) is 6.10 Å². The van der Waals surface area contributed by atoms with Gasteiger partial charge in [-0.05, 0) is 51.8 Å². The van der Waals surface area contributed by atoms with Gasteiger partial charge in [0.05, 0.1) is 19.8 Å². The van der Waals surface area contributed by atoms with Gasteiger partial charge in [0.1, 0.15) is 5.60 Å². The summed E-state index contributed by atoms with van der Waals surface area (Å²) in [5.74, 6) is -1.18. The van der Waals surface area contributed by atoms with Gasteiger partial charge in [-0.25, -0.2) is 9.59 Å². The molecule has 9 nitrogen and oxygen atoms in total. The SMILES string of the molecule is CCOc1ccc(CC(NC(=O)OC(C)(C)C)C(OC(C)=O)C(=O)O)cc1OC. The van der Waals surface area contributed by atoms with Crippen LogP contribution in [0, 0.1) is 0 Å². The van der Waals surface area contributed by atoms with Gasteiger partial charge in [-0.15, -0.1) is 0 Å². The van der Waals surface area contributed by atoms with Crippen molar-refractivity contribution in [2.24, 2.45) is 0 Å². The van der Waals surface area contributed by atoms with Crippen LogP contribution in [-0.2, 0) is 25.5 Å². The highest BCUT2D eigenvalue weighted by Crippen LogP contribution is 2.29. The number of hydrogen-bond acceptors (Lipinski definition) is 7. The Morgan fingerprint density at radius 3 is 2.31 bits per heavy atom. The van der Waals surface area contributed by atoms with E-state index < -0.39 is 35.8 Å². The van der Waals surface area contributed by atoms with Crippen LogP contribution in [0.25, 0.3) is 0 Å². The molecule has 9 heteroatoms. The number of alkyl carbamates (subject to hydrolysis) is 1. The number of carbonyl (C=O) groups is 3. The van der Waals surface area contributed by atoms with Crippen LogP contribution >= 0.6 is 0 Å². The Hall–Kier alpha value is -2.97. The molecular formula is C20H29NO8. The molecule has 162 valence electrons. The molecule has 0 saturated carbocycles. The van der Waals surface area contributed by atoms with Crippen LogP contribution in [0.5, 0.6) is 11.5 Å². The first-order chi connectivity index (χ1) is 13.5. The number of benzene rings is 1. The molecule has 0 aliphatic heterocycles. The Bertz CT molecular complexity index is 726. The fraction of sp³-hybridized carbons (Fsp3) is 0.550. The number of methoxy groups -OCH3 is 1. The van der Waals surface area contributed by atoms with E-state index in [0.29, 0.717) is 23.7 Å². The Kier molecular flexibility index (Phi) is 8.75. The summed E-state index contributed by atoms with van der Waals surface area (Å²) < 4.78 is 20.9. The molecule has 0 aliphatic rings. The second-order valence-electron chi connectivity index (χ2n) is 7.24. The number of hydrogen-bond donors (Lipinski definition) is 2. The number of esters is 1. The van der Waals surface area contributed by atoms with E-state index in [2.05, 4.69) is 5.32 Å². The van der Waals surface area contributed by atoms with Crippen LogP contribution in [0.15, 0.2) is 18.2 Å². The Morgan fingerprint density at radius 2 is 1.83 bits per heavy atom. The summed E-state index contributed by atoms with van der Waals surface area (Å²) in [5, 5.41) is 12.0. The Balaban J connectivity index is 3.17. The van der Waals surface area contributed by atoms with Crippen molar-refractivity contribution in [3.63, 3.8) is 0 Å². The van der Waals surface area contributed by atoms with E-state index in [9.17, 15) is 19.5 Å². The third-order valence-electron chi connectivity index (χ3n) is 3.59. The number of amides is 1. The maximum Gasteiger partial charge on any atom is 0.408 e. The average Bonchev–Trinajstić information content (AvgIpc) is 2.58. The molecule has 0 spiro atoms. The fourth-order valence-corrected chi connectivity index (χ4v) is 2.54. The van der Waals surface area contributed by atoms with E-state index in [0.717, 1.165) is 6.92 Å². The highest BCUT2D eigenvalue weighted by Gasteiger charge is 2.34. The molecule has 0 radical (unpaired) electrons. The molecule has 29 heavy (non-hydrogen) atoms. The molecule has 2 unspecified atom stereocenters. The van der Waals surface area contributed by atoms with Gasteiger partial charge in [-0.1, -0.05) is 6.07 Å². The van der Waals surface area contributed by atoms with Gasteiger partial charge >= 0.3 is 18.0 Å². The highest BCUT2D eigenvalue weighted by molar-refractivity contribution is 5.79. The standard InChI is InChI=1S/C20H29NO8/c1-7-27-15-9-8-13(11-16(15)26-6)10-14(17(18(23)24)28-12(2)22)21-19(25)29-20(3,4)5/h8-9,11,14,17H,7,10H2,1-6H3,(H,21,25)(H,23,24). The van der Waals surface area contributed by atoms with Crippen LogP contribution in [0.2, 0.25) is 0 Å². The van der Waals surface area contributed by atoms with Gasteiger partial charge in [0.25, 0.3) is 0 Å². The minimum Gasteiger partial charge on any atom is -0.493 e. The van der Waals surface area contributed by atoms with Gasteiger partial charge in [0.15, 0.2) is 11.5 Å². The van der Waals surface area contributed by atoms with E-state index in [1.54, 1.807) is 39.0 Å². The molecule has 0 bridgehead atoms. The third-order valence-corrected chi connectivity index (χ3v) is 3.59. The maximum absolute atomic E-state index is 12.2. The number of aliphatic carboxylic acids is 1. The number of carboxylic acid groups (broad SMARTS) is 1. The van der Waals surface area contributed by atoms with Crippen molar-refractivity contribution < 1.29 is 38.4 Å². The van der Waals surface area contributed by atoms with E-state index in [1.807, 2.05) is 6.92 Å². The molecular weight excluding hydrogens is 382 g/mol. The molecule has 0 aromatic heterocycles. The molecule has 2 N–H and O–H groups in total. The van der Waals surface area contributed by atoms with E-state index in [1.165, 1.54) is 7.11 Å². The minimum atomic E-state index is -1.60. The topological polar surface area (TPSA) is 120 Å². The number of nitrogens with one attached hydrogen (secondary N) is 1. The lowest BCUT2D eigenvalue weighted by Crippen LogP contribution is -2.51. The molecule has 1 amide bonds. The number of ether oxygens (including phenoxy) is 4. The van der Waals surface area contributed by atoms with Crippen molar-refractivity contribution in [2.45, 2.75) is 58.8 Å². The molecule has 1 aromatic rings. The van der Waals surface area contributed by atoms with E-state index in [4.69, 9.17) is 18.9 Å². The largest absolute Gasteiger partial charge is 0.493 e. The molecule has 0 aliphatic carbocycles. The predicted molar refractivity (Wildman–Crippen MR) is 104 cm³/mol. The molecule has 1 rings (SSSR count). The summed E-state index contributed by atoms with van der Waals surface area (Å²) in [6.07, 6.45) is -2.37. The van der Waals surface area contributed by atoms with Crippen LogP contribution < -0.4 is 14.8 Å². The van der Waals surface area contributed by atoms with Crippen molar-refractivity contribution in [3.05, 3.63) is 23.8 Å². The van der Waals surface area contributed by atoms with Gasteiger partial charge in [-0.2, -0.15) is 0 Å². The Morgan fingerprint density at radius 1 is 1.17 bits per heavy atom. The minimum absolute atomic E-state index is 0.0479. The Labute approximate surface area is 170 Å². The van der Waals surface area contributed by atoms with Crippen LogP contribution in [-0.4, -0.2) is 54.6 Å². The smallest absolute Gasteiger partial charge is 0.408 e. The molecule has 1 aromatic carbocycles. The second-order valence-corrected chi connectivity index (χ2v) is 7.24. The first-order valence-corrected chi connectivity index (χ1v) is 9.16. The van der Waals surface area contributed by atoms with Crippen LogP contribution in [0.4, 0.5) is 4.79 Å². The molecule has 0 heterocycles. The monoisotopic (exact) mass is 411 g/mol. The van der Waals surface area contributed by atoms with Gasteiger partial charge < -0.3 is 29.4 Å². The summed E-state index contributed by atoms with van der Waals surface area (Å²) >= 11 is 0. The third kappa shape index (κ3) is 8.28. The first kappa shape index (κ1) is 24.1. The zero-order valence-electron chi connectivity index (χ0n) is 17.6. The average molecular weight is 411 g/mol. The summed E-state index contributed by atoms with van der Waals surface area (Å²) in [4.78, 5) is 35.3. The zero-order chi connectivity index (χ0) is 22.2. The van der Waals surface area contributed by atoms with Crippen molar-refractivity contribution in [2.75, 3.05) is 13.7 Å². The molecule has 2 atom stereocenters. The van der Waals surface area contributed by atoms with Gasteiger partial charge in [-0.3, -0.25) is 4.79 Å². The summed E-state index contributed by atoms with van der Waals surface area (Å²) in [5.41, 5.74) is -0.137. The normalized spacial score (nSPS) is 13.0. The van der Waals surface area contributed by atoms with Crippen molar-refractivity contribution in [1.82, 2.24) is 5.32 Å². The highest BCUT2D eigenvalue weighted by atomic mass is 16.6. The van der Waals surface area contributed by atoms with Crippen molar-refractivity contribution in [3.8, 4) is 11.5 Å². The zero-order valence-corrected chi connectivity index (χ0v) is 17.6. The van der Waals surface area contributed by atoms with Gasteiger partial charge in [0, 0.05) is 6.92 Å². The predicted octanol–water partition coefficient (Wildman–Crippen LogP) is 2.55. The second kappa shape index (κ2) is 10.5. The fourth-order valence-electron chi connectivity index (χ4n) is 2.54. The number of carbonyl (C=O) groups excluding carboxylic acids is 2. The maximum atomic E-state index is 12.2. The lowest BCUT2D eigenvalue weighted by Gasteiger charge is -2.27. The van der Waals surface area contributed by atoms with Crippen molar-refractivity contribution in [1.29, 1.82) is 0 Å². The molecule has 0 fully saturated rings. The van der Waals surface area contributed by atoms with E-state index >= 15 is 0 Å². The summed E-state index contributed by atoms with van der Waals surface area (Å²) in [6.45, 7) is 8.43.